The Bertz CT molecular complexity index is 1880. The molecule has 16 heteroatoms. The number of carbonyl (C=O) groups excluding carboxylic acids is 5. The minimum absolute atomic E-state index is 0.0861. The Balaban J connectivity index is 1.52. The highest BCUT2D eigenvalue weighted by Gasteiger charge is 2.53. The van der Waals surface area contributed by atoms with E-state index in [1.165, 1.54) is 12.0 Å². The molecular weight excluding hydrogens is 951 g/mol. The summed E-state index contributed by atoms with van der Waals surface area (Å²) in [5.74, 6) is -7.15. The van der Waals surface area contributed by atoms with Crippen LogP contribution >= 0.6 is 0 Å². The van der Waals surface area contributed by atoms with Crippen LogP contribution in [0.25, 0.3) is 0 Å². The molecule has 3 N–H and O–H groups in total. The van der Waals surface area contributed by atoms with E-state index in [2.05, 4.69) is 0 Å². The maximum atomic E-state index is 14.6. The van der Waals surface area contributed by atoms with Gasteiger partial charge >= 0.3 is 5.97 Å². The number of esters is 1. The molecule has 1 aliphatic carbocycles. The van der Waals surface area contributed by atoms with Gasteiger partial charge in [-0.2, -0.15) is 0 Å². The van der Waals surface area contributed by atoms with Gasteiger partial charge in [-0.3, -0.25) is 19.2 Å². The molecule has 3 heterocycles. The number of methoxy groups -OCH3 is 2. The highest BCUT2D eigenvalue weighted by molar-refractivity contribution is 6.39. The molecule has 4 rings (SSSR count). The number of ether oxygens (including phenoxy) is 7. The van der Waals surface area contributed by atoms with Crippen LogP contribution in [0.4, 0.5) is 0 Å². The van der Waals surface area contributed by atoms with Gasteiger partial charge < -0.3 is 53.4 Å². The van der Waals surface area contributed by atoms with Gasteiger partial charge in [-0.1, -0.05) is 58.9 Å². The van der Waals surface area contributed by atoms with Crippen LogP contribution in [-0.2, 0) is 57.1 Å². The molecule has 0 spiro atoms. The van der Waals surface area contributed by atoms with Crippen LogP contribution in [0.5, 0.6) is 0 Å². The molecule has 0 aromatic rings. The van der Waals surface area contributed by atoms with E-state index in [-0.39, 0.29) is 86.2 Å². The molecule has 1 saturated carbocycles. The van der Waals surface area contributed by atoms with Crippen molar-refractivity contribution in [3.05, 3.63) is 35.5 Å². The maximum Gasteiger partial charge on any atom is 0.329 e. The summed E-state index contributed by atoms with van der Waals surface area (Å²) in [5.41, 5.74) is 1.40. The fourth-order valence-corrected chi connectivity index (χ4v) is 11.3. The van der Waals surface area contributed by atoms with Crippen molar-refractivity contribution in [2.45, 2.75) is 207 Å². The van der Waals surface area contributed by atoms with Crippen molar-refractivity contribution in [2.24, 2.45) is 41.4 Å². The van der Waals surface area contributed by atoms with E-state index >= 15 is 0 Å². The van der Waals surface area contributed by atoms with Crippen LogP contribution in [0.15, 0.2) is 35.5 Å². The number of ketones is 3. The number of aliphatic hydroxyl groups is 3. The number of likely N-dealkylation sites (tertiary alicyclic amines) is 1. The largest absolute Gasteiger partial charge is 0.460 e. The van der Waals surface area contributed by atoms with Crippen molar-refractivity contribution in [1.82, 2.24) is 4.90 Å². The zero-order chi connectivity index (χ0) is 54.7. The molecule has 16 nitrogen and oxygen atoms in total. The third-order valence-electron chi connectivity index (χ3n) is 16.3. The first kappa shape index (κ1) is 63.3. The van der Waals surface area contributed by atoms with E-state index in [0.717, 1.165) is 38.0 Å². The second-order valence-corrected chi connectivity index (χ2v) is 22.2. The lowest BCUT2D eigenvalue weighted by Crippen LogP contribution is -2.61. The number of allylic oxidation sites excluding steroid dienone is 4. The van der Waals surface area contributed by atoms with Crippen LogP contribution in [0, 0.1) is 41.4 Å². The summed E-state index contributed by atoms with van der Waals surface area (Å²) >= 11 is 0. The standard InChI is InChI=1S/C58H95NO15/c1-12-17-36(3)28-40(7)52(62)54(69-11)53(63)41(8)29-38(5)47(61)33-50(39(6)30-43-21-23-48(72-27-25-60)51(31-43)68-10)73-57(66)46-19-14-15-24-59(46)56(65)55(64)58(67)42(9)20-22-45(74-58)32-49(37(4)13-2)71-26-16-18-44-34-70-35-44/h12-13,17,29,36,38-40,42-46,48-51,53-54,60,63,67H,14-16,18-28,30-35H2,1-11H3/b17-12+,37-13+,41-29+/t36-,38-,39-,40-,42-,43+,45+,46+,48-,49-,50+,51-,53-,54+,58-/m1/s1. The monoisotopic (exact) mass is 1050 g/mol. The molecule has 0 radical (unpaired) electrons. The summed E-state index contributed by atoms with van der Waals surface area (Å²) < 4.78 is 41.5. The van der Waals surface area contributed by atoms with Crippen molar-refractivity contribution >= 4 is 29.2 Å². The zero-order valence-corrected chi connectivity index (χ0v) is 46.8. The highest BCUT2D eigenvalue weighted by Crippen LogP contribution is 2.38. The minimum atomic E-state index is -2.43. The van der Waals surface area contributed by atoms with Crippen LogP contribution < -0.4 is 0 Å². The van der Waals surface area contributed by atoms with Crippen LogP contribution in [0.3, 0.4) is 0 Å². The smallest absolute Gasteiger partial charge is 0.329 e. The molecule has 3 aliphatic heterocycles. The minimum Gasteiger partial charge on any atom is -0.460 e. The first-order chi connectivity index (χ1) is 35.2. The molecule has 1 amide bonds. The van der Waals surface area contributed by atoms with Crippen molar-refractivity contribution in [2.75, 3.05) is 53.8 Å². The van der Waals surface area contributed by atoms with E-state index < -0.39 is 65.7 Å². The summed E-state index contributed by atoms with van der Waals surface area (Å²) in [7, 11) is 3.01. The number of hydrogen-bond acceptors (Lipinski definition) is 15. The van der Waals surface area contributed by atoms with Crippen LogP contribution in [0.2, 0.25) is 0 Å². The Labute approximate surface area is 442 Å². The lowest BCUT2D eigenvalue weighted by Gasteiger charge is -2.43. The number of amides is 1. The predicted molar refractivity (Wildman–Crippen MR) is 281 cm³/mol. The molecule has 4 fully saturated rings. The predicted octanol–water partition coefficient (Wildman–Crippen LogP) is 7.46. The Morgan fingerprint density at radius 2 is 1.62 bits per heavy atom. The summed E-state index contributed by atoms with van der Waals surface area (Å²) in [5, 5.41) is 32.9. The van der Waals surface area contributed by atoms with Gasteiger partial charge in [-0.05, 0) is 134 Å². The van der Waals surface area contributed by atoms with Gasteiger partial charge in [0.25, 0.3) is 11.7 Å². The second kappa shape index (κ2) is 31.3. The molecule has 0 aromatic heterocycles. The van der Waals surface area contributed by atoms with E-state index in [1.807, 2.05) is 59.8 Å². The molecule has 422 valence electrons. The van der Waals surface area contributed by atoms with E-state index in [1.54, 1.807) is 34.0 Å². The number of rotatable bonds is 31. The lowest BCUT2D eigenvalue weighted by molar-refractivity contribution is -0.266. The van der Waals surface area contributed by atoms with E-state index in [9.17, 15) is 39.3 Å². The van der Waals surface area contributed by atoms with Crippen LogP contribution in [0.1, 0.15) is 152 Å². The fraction of sp³-hybridized carbons (Fsp3) is 0.810. The third kappa shape index (κ3) is 17.9. The first-order valence-electron chi connectivity index (χ1n) is 27.8. The van der Waals surface area contributed by atoms with E-state index in [0.29, 0.717) is 75.9 Å². The molecule has 3 saturated heterocycles. The molecular formula is C58H95NO15. The molecule has 0 bridgehead atoms. The van der Waals surface area contributed by atoms with Gasteiger partial charge in [-0.15, -0.1) is 0 Å². The Hall–Kier alpha value is -3.19. The quantitative estimate of drug-likeness (QED) is 0.0266. The first-order valence-corrected chi connectivity index (χ1v) is 27.8. The number of Topliss-reactive ketones (excluding diaryl/α,β-unsaturated/α-hetero) is 3. The number of piperidine rings is 1. The number of nitrogens with zero attached hydrogens (tertiary/aromatic N) is 1. The number of aliphatic hydroxyl groups excluding tert-OH is 2. The number of carbonyl (C=O) groups is 5. The molecule has 0 aromatic carbocycles. The van der Waals surface area contributed by atoms with Crippen molar-refractivity contribution < 1.29 is 72.5 Å². The van der Waals surface area contributed by atoms with Gasteiger partial charge in [0.1, 0.15) is 30.1 Å². The zero-order valence-electron chi connectivity index (χ0n) is 46.8. The maximum absolute atomic E-state index is 14.6. The summed E-state index contributed by atoms with van der Waals surface area (Å²) in [6.07, 6.45) is 10.6. The lowest BCUT2D eigenvalue weighted by atomic mass is 9.78. The molecule has 0 unspecified atom stereocenters. The summed E-state index contributed by atoms with van der Waals surface area (Å²) in [4.78, 5) is 72.4. The van der Waals surface area contributed by atoms with Gasteiger partial charge in [0.15, 0.2) is 5.78 Å². The van der Waals surface area contributed by atoms with Crippen molar-refractivity contribution in [1.29, 1.82) is 0 Å². The topological polar surface area (TPSA) is 214 Å². The summed E-state index contributed by atoms with van der Waals surface area (Å²) in [6, 6.07) is -1.15. The Morgan fingerprint density at radius 3 is 2.26 bits per heavy atom. The van der Waals surface area contributed by atoms with Gasteiger partial charge in [0.05, 0.1) is 50.8 Å². The molecule has 4 aliphatic rings. The average molecular weight is 1050 g/mol. The Morgan fingerprint density at radius 1 is 0.892 bits per heavy atom. The fourth-order valence-electron chi connectivity index (χ4n) is 11.3. The summed E-state index contributed by atoms with van der Waals surface area (Å²) in [6.45, 7) is 19.0. The highest BCUT2D eigenvalue weighted by atomic mass is 16.6. The van der Waals surface area contributed by atoms with Gasteiger partial charge in [0, 0.05) is 63.9 Å². The number of hydrogen-bond donors (Lipinski definition) is 3. The van der Waals surface area contributed by atoms with E-state index in [4.69, 9.17) is 33.2 Å². The second-order valence-electron chi connectivity index (χ2n) is 22.2. The SMILES string of the molecule is C/C=C/[C@@H](C)C[C@@H](C)C(=O)[C@H](OC)[C@H](O)/C(C)=C/[C@@H](C)C(=O)C[C@H](OC(=O)[C@@H]1CCCCN1C(=O)C(=O)[C@]1(O)O[C@H](C[C@@H](OCCCC2COC2)/C(C)=C/C)CC[C@H]1C)[C@H](C)C[C@@H]1CC[C@@H](OCCO)[C@H](OC)C1. The third-order valence-corrected chi connectivity index (χ3v) is 16.3. The van der Waals surface area contributed by atoms with Crippen molar-refractivity contribution in [3.63, 3.8) is 0 Å². The average Bonchev–Trinajstić information content (AvgIpc) is 3.37. The van der Waals surface area contributed by atoms with Gasteiger partial charge in [0.2, 0.25) is 5.79 Å². The van der Waals surface area contributed by atoms with Crippen LogP contribution in [-0.4, -0.2) is 158 Å². The molecule has 74 heavy (non-hydrogen) atoms. The molecule has 15 atom stereocenters. The normalized spacial score (nSPS) is 28.6. The Kier molecular flexibility index (Phi) is 26.8. The van der Waals surface area contributed by atoms with Gasteiger partial charge in [-0.25, -0.2) is 4.79 Å². The van der Waals surface area contributed by atoms with Crippen molar-refractivity contribution in [3.8, 4) is 0 Å².